The Bertz CT molecular complexity index is 973. The van der Waals surface area contributed by atoms with E-state index in [0.717, 1.165) is 5.56 Å². The molecule has 0 atom stereocenters. The van der Waals surface area contributed by atoms with E-state index >= 15 is 0 Å². The van der Waals surface area contributed by atoms with Crippen LogP contribution in [0.2, 0.25) is 0 Å². The predicted octanol–water partition coefficient (Wildman–Crippen LogP) is 3.57. The standard InChI is InChI=1S/C21H19N3O4S/c1-2-27-20(26)16-5-7-17(8-6-16)24(14-15-9-11-22-12-10-15)21(29)23-19(25)18-4-3-13-28-18/h3-13H,2,14H2,1H3,(H,23,25,29). The van der Waals surface area contributed by atoms with Crippen molar-refractivity contribution in [3.8, 4) is 0 Å². The summed E-state index contributed by atoms with van der Waals surface area (Å²) in [6.07, 6.45) is 4.78. The van der Waals surface area contributed by atoms with Crippen LogP contribution in [-0.2, 0) is 11.3 Å². The van der Waals surface area contributed by atoms with E-state index in [1.165, 1.54) is 6.26 Å². The molecule has 29 heavy (non-hydrogen) atoms. The molecule has 0 unspecified atom stereocenters. The minimum absolute atomic E-state index is 0.161. The number of rotatable bonds is 6. The molecule has 2 aromatic heterocycles. The van der Waals surface area contributed by atoms with Gasteiger partial charge >= 0.3 is 5.97 Å². The Hall–Kier alpha value is -3.52. The van der Waals surface area contributed by atoms with E-state index in [1.54, 1.807) is 60.6 Å². The fraction of sp³-hybridized carbons (Fsp3) is 0.143. The van der Waals surface area contributed by atoms with Gasteiger partial charge in [0.25, 0.3) is 5.91 Å². The fourth-order valence-corrected chi connectivity index (χ4v) is 2.84. The van der Waals surface area contributed by atoms with Gasteiger partial charge in [0.05, 0.1) is 25.0 Å². The highest BCUT2D eigenvalue weighted by atomic mass is 32.1. The number of esters is 1. The number of hydrogen-bond acceptors (Lipinski definition) is 6. The number of aromatic nitrogens is 1. The average Bonchev–Trinajstić information content (AvgIpc) is 3.28. The molecule has 0 saturated carbocycles. The highest BCUT2D eigenvalue weighted by Gasteiger charge is 2.18. The van der Waals surface area contributed by atoms with Crippen molar-refractivity contribution < 1.29 is 18.7 Å². The van der Waals surface area contributed by atoms with Crippen LogP contribution in [0.5, 0.6) is 0 Å². The monoisotopic (exact) mass is 409 g/mol. The zero-order valence-corrected chi connectivity index (χ0v) is 16.5. The molecular weight excluding hydrogens is 390 g/mol. The number of hydrogen-bond donors (Lipinski definition) is 1. The zero-order chi connectivity index (χ0) is 20.6. The van der Waals surface area contributed by atoms with Gasteiger partial charge in [0.2, 0.25) is 0 Å². The van der Waals surface area contributed by atoms with Crippen molar-refractivity contribution in [2.24, 2.45) is 0 Å². The Morgan fingerprint density at radius 1 is 1.14 bits per heavy atom. The second-order valence-electron chi connectivity index (χ2n) is 5.95. The zero-order valence-electron chi connectivity index (χ0n) is 15.7. The molecule has 8 heteroatoms. The van der Waals surface area contributed by atoms with E-state index in [4.69, 9.17) is 21.4 Å². The molecule has 0 fully saturated rings. The molecule has 1 aromatic carbocycles. The molecule has 1 amide bonds. The Kier molecular flexibility index (Phi) is 6.70. The van der Waals surface area contributed by atoms with Gasteiger partial charge in [-0.25, -0.2) is 4.79 Å². The first-order valence-corrected chi connectivity index (χ1v) is 9.31. The molecule has 0 spiro atoms. The molecule has 0 bridgehead atoms. The van der Waals surface area contributed by atoms with Gasteiger partial charge < -0.3 is 14.1 Å². The molecular formula is C21H19N3O4S. The number of furan rings is 1. The van der Waals surface area contributed by atoms with Crippen LogP contribution < -0.4 is 10.2 Å². The summed E-state index contributed by atoms with van der Waals surface area (Å²) in [5, 5.41) is 2.88. The van der Waals surface area contributed by atoms with Gasteiger partial charge in [0.15, 0.2) is 10.9 Å². The minimum atomic E-state index is -0.442. The largest absolute Gasteiger partial charge is 0.462 e. The van der Waals surface area contributed by atoms with Gasteiger partial charge in [0, 0.05) is 18.1 Å². The molecule has 7 nitrogen and oxygen atoms in total. The molecule has 2 heterocycles. The lowest BCUT2D eigenvalue weighted by Gasteiger charge is -2.25. The number of carbonyl (C=O) groups is 2. The van der Waals surface area contributed by atoms with E-state index in [-0.39, 0.29) is 10.9 Å². The Morgan fingerprint density at radius 3 is 2.48 bits per heavy atom. The van der Waals surface area contributed by atoms with Crippen molar-refractivity contribution in [3.05, 3.63) is 84.1 Å². The number of anilines is 1. The van der Waals surface area contributed by atoms with Crippen LogP contribution in [0.25, 0.3) is 0 Å². The van der Waals surface area contributed by atoms with Crippen LogP contribution in [0.3, 0.4) is 0 Å². The fourth-order valence-electron chi connectivity index (χ4n) is 2.58. The number of benzene rings is 1. The number of nitrogens with zero attached hydrogens (tertiary/aromatic N) is 2. The first-order valence-electron chi connectivity index (χ1n) is 8.91. The van der Waals surface area contributed by atoms with Gasteiger partial charge in [-0.1, -0.05) is 0 Å². The maximum absolute atomic E-state index is 12.3. The second kappa shape index (κ2) is 9.61. The van der Waals surface area contributed by atoms with Gasteiger partial charge in [-0.05, 0) is 73.2 Å². The third-order valence-electron chi connectivity index (χ3n) is 3.99. The third kappa shape index (κ3) is 5.26. The van der Waals surface area contributed by atoms with E-state index in [0.29, 0.717) is 24.4 Å². The molecule has 148 valence electrons. The smallest absolute Gasteiger partial charge is 0.338 e. The van der Waals surface area contributed by atoms with E-state index in [1.807, 2.05) is 12.1 Å². The summed E-state index contributed by atoms with van der Waals surface area (Å²) in [6.45, 7) is 2.46. The van der Waals surface area contributed by atoms with E-state index in [2.05, 4.69) is 10.3 Å². The van der Waals surface area contributed by atoms with Crippen LogP contribution in [0, 0.1) is 0 Å². The lowest BCUT2D eigenvalue weighted by Crippen LogP contribution is -2.42. The van der Waals surface area contributed by atoms with Crippen LogP contribution in [0.4, 0.5) is 5.69 Å². The lowest BCUT2D eigenvalue weighted by atomic mass is 10.2. The number of carbonyl (C=O) groups excluding carboxylic acids is 2. The van der Waals surface area contributed by atoms with Crippen LogP contribution in [0.15, 0.2) is 71.6 Å². The second-order valence-corrected chi connectivity index (χ2v) is 6.33. The first kappa shape index (κ1) is 20.2. The number of ether oxygens (including phenoxy) is 1. The van der Waals surface area contributed by atoms with Gasteiger partial charge in [-0.2, -0.15) is 0 Å². The number of thiocarbonyl (C=S) groups is 1. The van der Waals surface area contributed by atoms with E-state index in [9.17, 15) is 9.59 Å². The molecule has 0 radical (unpaired) electrons. The molecule has 3 rings (SSSR count). The maximum Gasteiger partial charge on any atom is 0.338 e. The van der Waals surface area contributed by atoms with Crippen LogP contribution in [-0.4, -0.2) is 28.6 Å². The number of pyridine rings is 1. The molecule has 1 N–H and O–H groups in total. The summed E-state index contributed by atoms with van der Waals surface area (Å²) >= 11 is 5.48. The summed E-state index contributed by atoms with van der Waals surface area (Å²) in [6, 6.07) is 13.7. The summed E-state index contributed by atoms with van der Waals surface area (Å²) < 4.78 is 10.1. The molecule has 0 saturated heterocycles. The van der Waals surface area contributed by atoms with Gasteiger partial charge in [-0.3, -0.25) is 15.1 Å². The summed E-state index contributed by atoms with van der Waals surface area (Å²) in [7, 11) is 0. The third-order valence-corrected chi connectivity index (χ3v) is 4.31. The normalized spacial score (nSPS) is 10.2. The van der Waals surface area contributed by atoms with Crippen molar-refractivity contribution in [1.29, 1.82) is 0 Å². The number of amides is 1. The Morgan fingerprint density at radius 2 is 1.86 bits per heavy atom. The highest BCUT2D eigenvalue weighted by Crippen LogP contribution is 2.19. The summed E-state index contributed by atoms with van der Waals surface area (Å²) in [5.74, 6) is -0.676. The Labute approximate surface area is 173 Å². The molecule has 0 aliphatic heterocycles. The van der Waals surface area contributed by atoms with Gasteiger partial charge in [-0.15, -0.1) is 0 Å². The average molecular weight is 409 g/mol. The lowest BCUT2D eigenvalue weighted by molar-refractivity contribution is 0.0526. The Balaban J connectivity index is 1.83. The van der Waals surface area contributed by atoms with Crippen LogP contribution >= 0.6 is 12.2 Å². The SMILES string of the molecule is CCOC(=O)c1ccc(N(Cc2ccncc2)C(=S)NC(=O)c2ccco2)cc1. The minimum Gasteiger partial charge on any atom is -0.462 e. The van der Waals surface area contributed by atoms with Crippen molar-refractivity contribution in [2.45, 2.75) is 13.5 Å². The summed E-state index contributed by atoms with van der Waals surface area (Å²) in [5.41, 5.74) is 2.09. The van der Waals surface area contributed by atoms with Crippen molar-refractivity contribution >= 4 is 34.9 Å². The first-order chi connectivity index (χ1) is 14.1. The molecule has 0 aliphatic carbocycles. The predicted molar refractivity (Wildman–Crippen MR) is 112 cm³/mol. The van der Waals surface area contributed by atoms with Crippen molar-refractivity contribution in [1.82, 2.24) is 10.3 Å². The quantitative estimate of drug-likeness (QED) is 0.492. The topological polar surface area (TPSA) is 84.7 Å². The highest BCUT2D eigenvalue weighted by molar-refractivity contribution is 7.80. The summed E-state index contributed by atoms with van der Waals surface area (Å²) in [4.78, 5) is 30.0. The molecule has 0 aliphatic rings. The van der Waals surface area contributed by atoms with E-state index < -0.39 is 11.9 Å². The van der Waals surface area contributed by atoms with Crippen molar-refractivity contribution in [2.75, 3.05) is 11.5 Å². The van der Waals surface area contributed by atoms with Crippen LogP contribution in [0.1, 0.15) is 33.4 Å². The number of nitrogens with one attached hydrogen (secondary N) is 1. The molecule has 3 aromatic rings. The van der Waals surface area contributed by atoms with Gasteiger partial charge in [0.1, 0.15) is 0 Å². The van der Waals surface area contributed by atoms with Crippen molar-refractivity contribution in [3.63, 3.8) is 0 Å². The maximum atomic E-state index is 12.3.